The minimum Gasteiger partial charge on any atom is -0.481 e. The summed E-state index contributed by atoms with van der Waals surface area (Å²) in [5.74, 6) is -1.45. The molecule has 0 aliphatic heterocycles. The van der Waals surface area contributed by atoms with E-state index in [9.17, 15) is 9.59 Å². The van der Waals surface area contributed by atoms with E-state index < -0.39 is 11.9 Å². The fourth-order valence-corrected chi connectivity index (χ4v) is 2.12. The Labute approximate surface area is 110 Å². The molecule has 0 aromatic carbocycles. The maximum absolute atomic E-state index is 11.9. The van der Waals surface area contributed by atoms with E-state index in [-0.39, 0.29) is 12.6 Å². The van der Waals surface area contributed by atoms with Crippen LogP contribution in [-0.4, -0.2) is 35.1 Å². The number of thiophene rings is 1. The largest absolute Gasteiger partial charge is 0.481 e. The van der Waals surface area contributed by atoms with Crippen molar-refractivity contribution in [2.75, 3.05) is 13.1 Å². The van der Waals surface area contributed by atoms with Gasteiger partial charge in [0.25, 0.3) is 0 Å². The number of hydrogen-bond donors (Lipinski definition) is 2. The van der Waals surface area contributed by atoms with Gasteiger partial charge in [-0.2, -0.15) is 11.3 Å². The first-order chi connectivity index (χ1) is 8.54. The first-order valence-corrected chi connectivity index (χ1v) is 6.75. The molecule has 5 nitrogen and oxygen atoms in total. The van der Waals surface area contributed by atoms with Gasteiger partial charge in [0, 0.05) is 19.6 Å². The summed E-state index contributed by atoms with van der Waals surface area (Å²) in [5.41, 5.74) is 1.05. The van der Waals surface area contributed by atoms with Gasteiger partial charge in [-0.05, 0) is 29.3 Å². The second kappa shape index (κ2) is 7.00. The number of carboxylic acid groups (broad SMARTS) is 1. The predicted molar refractivity (Wildman–Crippen MR) is 70.6 cm³/mol. The van der Waals surface area contributed by atoms with E-state index in [4.69, 9.17) is 5.11 Å². The highest BCUT2D eigenvalue weighted by atomic mass is 32.1. The summed E-state index contributed by atoms with van der Waals surface area (Å²) in [5, 5.41) is 15.5. The van der Waals surface area contributed by atoms with Gasteiger partial charge >= 0.3 is 12.0 Å². The van der Waals surface area contributed by atoms with Crippen LogP contribution in [0.2, 0.25) is 0 Å². The van der Waals surface area contributed by atoms with E-state index in [0.717, 1.165) is 5.56 Å². The third kappa shape index (κ3) is 4.37. The molecule has 0 aliphatic carbocycles. The molecular weight excluding hydrogens is 252 g/mol. The van der Waals surface area contributed by atoms with E-state index in [2.05, 4.69) is 5.32 Å². The zero-order chi connectivity index (χ0) is 13.5. The lowest BCUT2D eigenvalue weighted by atomic mass is 10.2. The van der Waals surface area contributed by atoms with Crippen LogP contribution in [-0.2, 0) is 11.3 Å². The van der Waals surface area contributed by atoms with Crippen molar-refractivity contribution in [2.45, 2.75) is 20.4 Å². The Morgan fingerprint density at radius 2 is 2.28 bits per heavy atom. The maximum atomic E-state index is 11.9. The summed E-state index contributed by atoms with van der Waals surface area (Å²) in [7, 11) is 0. The van der Waals surface area contributed by atoms with E-state index in [1.54, 1.807) is 18.3 Å². The lowest BCUT2D eigenvalue weighted by Gasteiger charge is -2.23. The Kier molecular flexibility index (Phi) is 5.64. The molecule has 0 aliphatic rings. The highest BCUT2D eigenvalue weighted by Crippen LogP contribution is 2.06. The molecule has 0 bridgehead atoms. The normalized spacial score (nSPS) is 11.9. The van der Waals surface area contributed by atoms with Crippen LogP contribution in [0.3, 0.4) is 0 Å². The fraction of sp³-hybridized carbons (Fsp3) is 0.500. The van der Waals surface area contributed by atoms with Gasteiger partial charge in [0.15, 0.2) is 0 Å². The zero-order valence-corrected chi connectivity index (χ0v) is 11.4. The lowest BCUT2D eigenvalue weighted by molar-refractivity contribution is -0.141. The molecule has 1 heterocycles. The average Bonchev–Trinajstić information content (AvgIpc) is 2.85. The van der Waals surface area contributed by atoms with E-state index in [0.29, 0.717) is 13.1 Å². The number of urea groups is 1. The first kappa shape index (κ1) is 14.5. The topological polar surface area (TPSA) is 69.6 Å². The molecular formula is C12H18N2O3S. The second-order valence-electron chi connectivity index (χ2n) is 4.07. The fourth-order valence-electron chi connectivity index (χ4n) is 1.45. The number of hydrogen-bond acceptors (Lipinski definition) is 3. The molecule has 0 spiro atoms. The first-order valence-electron chi connectivity index (χ1n) is 5.81. The summed E-state index contributed by atoms with van der Waals surface area (Å²) in [6.07, 6.45) is 0. The zero-order valence-electron chi connectivity index (χ0n) is 10.5. The van der Waals surface area contributed by atoms with Gasteiger partial charge in [0.2, 0.25) is 0 Å². The highest BCUT2D eigenvalue weighted by molar-refractivity contribution is 7.07. The molecule has 0 saturated heterocycles. The van der Waals surface area contributed by atoms with Crippen molar-refractivity contribution in [1.29, 1.82) is 0 Å². The Bertz CT molecular complexity index is 392. The number of nitrogens with one attached hydrogen (secondary N) is 1. The van der Waals surface area contributed by atoms with Crippen LogP contribution in [0.15, 0.2) is 16.8 Å². The highest BCUT2D eigenvalue weighted by Gasteiger charge is 2.18. The third-order valence-corrected chi connectivity index (χ3v) is 3.34. The molecule has 2 amide bonds. The maximum Gasteiger partial charge on any atom is 0.317 e. The standard InChI is InChI=1S/C12H18N2O3S/c1-3-14(7-9(2)11(15)16)12(17)13-6-10-4-5-18-8-10/h4-5,8-9H,3,6-7H2,1-2H3,(H,13,17)(H,15,16). The number of carboxylic acids is 1. The SMILES string of the molecule is CCN(CC(C)C(=O)O)C(=O)NCc1ccsc1. The van der Waals surface area contributed by atoms with Gasteiger partial charge < -0.3 is 15.3 Å². The van der Waals surface area contributed by atoms with Crippen molar-refractivity contribution < 1.29 is 14.7 Å². The number of aliphatic carboxylic acids is 1. The summed E-state index contributed by atoms with van der Waals surface area (Å²) in [4.78, 5) is 24.1. The minimum atomic E-state index is -0.890. The Morgan fingerprint density at radius 3 is 2.78 bits per heavy atom. The van der Waals surface area contributed by atoms with Gasteiger partial charge in [-0.15, -0.1) is 0 Å². The Morgan fingerprint density at radius 1 is 1.56 bits per heavy atom. The number of carbonyl (C=O) groups excluding carboxylic acids is 1. The van der Waals surface area contributed by atoms with Crippen LogP contribution in [0, 0.1) is 5.92 Å². The number of nitrogens with zero attached hydrogens (tertiary/aromatic N) is 1. The summed E-state index contributed by atoms with van der Waals surface area (Å²) in [6, 6.07) is 1.72. The van der Waals surface area contributed by atoms with Crippen LogP contribution >= 0.6 is 11.3 Å². The van der Waals surface area contributed by atoms with Gasteiger partial charge in [-0.25, -0.2) is 4.79 Å². The van der Waals surface area contributed by atoms with Crippen LogP contribution in [0.5, 0.6) is 0 Å². The molecule has 1 unspecified atom stereocenters. The van der Waals surface area contributed by atoms with Crippen LogP contribution in [0.1, 0.15) is 19.4 Å². The molecule has 1 rings (SSSR count). The van der Waals surface area contributed by atoms with Crippen molar-refractivity contribution in [3.8, 4) is 0 Å². The van der Waals surface area contributed by atoms with Crippen molar-refractivity contribution in [3.63, 3.8) is 0 Å². The molecule has 0 radical (unpaired) electrons. The molecule has 100 valence electrons. The van der Waals surface area contributed by atoms with Crippen LogP contribution in [0.4, 0.5) is 4.79 Å². The van der Waals surface area contributed by atoms with Gasteiger partial charge in [-0.3, -0.25) is 4.79 Å². The van der Waals surface area contributed by atoms with Gasteiger partial charge in [0.1, 0.15) is 0 Å². The van der Waals surface area contributed by atoms with Crippen LogP contribution < -0.4 is 5.32 Å². The van der Waals surface area contributed by atoms with E-state index >= 15 is 0 Å². The van der Waals surface area contributed by atoms with E-state index in [1.165, 1.54) is 4.90 Å². The molecule has 1 atom stereocenters. The van der Waals surface area contributed by atoms with Gasteiger partial charge in [-0.1, -0.05) is 6.92 Å². The second-order valence-corrected chi connectivity index (χ2v) is 4.85. The Hall–Kier alpha value is -1.56. The van der Waals surface area contributed by atoms with Crippen molar-refractivity contribution in [2.24, 2.45) is 5.92 Å². The number of carbonyl (C=O) groups is 2. The molecule has 6 heteroatoms. The molecule has 0 fully saturated rings. The molecule has 1 aromatic heterocycles. The molecule has 1 aromatic rings. The molecule has 18 heavy (non-hydrogen) atoms. The van der Waals surface area contributed by atoms with Crippen molar-refractivity contribution in [3.05, 3.63) is 22.4 Å². The quantitative estimate of drug-likeness (QED) is 0.830. The van der Waals surface area contributed by atoms with Gasteiger partial charge in [0.05, 0.1) is 5.92 Å². The average molecular weight is 270 g/mol. The third-order valence-electron chi connectivity index (χ3n) is 2.61. The van der Waals surface area contributed by atoms with Crippen molar-refractivity contribution >= 4 is 23.3 Å². The number of amides is 2. The Balaban J connectivity index is 2.44. The minimum absolute atomic E-state index is 0.224. The van der Waals surface area contributed by atoms with Crippen molar-refractivity contribution in [1.82, 2.24) is 10.2 Å². The van der Waals surface area contributed by atoms with Crippen LogP contribution in [0.25, 0.3) is 0 Å². The summed E-state index contributed by atoms with van der Waals surface area (Å²) >= 11 is 1.58. The monoisotopic (exact) mass is 270 g/mol. The molecule has 2 N–H and O–H groups in total. The summed E-state index contributed by atoms with van der Waals surface area (Å²) in [6.45, 7) is 4.62. The smallest absolute Gasteiger partial charge is 0.317 e. The summed E-state index contributed by atoms with van der Waals surface area (Å²) < 4.78 is 0. The lowest BCUT2D eigenvalue weighted by Crippen LogP contribution is -2.42. The predicted octanol–water partition coefficient (Wildman–Crippen LogP) is 2.00. The van der Waals surface area contributed by atoms with E-state index in [1.807, 2.05) is 23.8 Å². The molecule has 0 saturated carbocycles. The number of rotatable bonds is 6.